The summed E-state index contributed by atoms with van der Waals surface area (Å²) in [6.07, 6.45) is 17.9. The zero-order valence-corrected chi connectivity index (χ0v) is 78.8. The van der Waals surface area contributed by atoms with Gasteiger partial charge in [-0.1, -0.05) is 130 Å². The Bertz CT molecular complexity index is 2550. The molecule has 0 bridgehead atoms. The van der Waals surface area contributed by atoms with E-state index < -0.39 is 24.3 Å². The molecule has 14 atom stereocenters. The fourth-order valence-electron chi connectivity index (χ4n) is 24.0. The molecule has 9 aliphatic heterocycles. The van der Waals surface area contributed by atoms with E-state index in [-0.39, 0.29) is 49.3 Å². The molecule has 14 rings (SSSR count). The maximum Gasteiger partial charge on any atom is 0.404 e. The van der Waals surface area contributed by atoms with E-state index in [1.54, 1.807) is 4.90 Å². The second kappa shape index (κ2) is 40.9. The number of fused-ring (bicyclic) bond motifs is 2. The maximum atomic E-state index is 12.8. The molecular weight excluding hydrogens is 1410 g/mol. The van der Waals surface area contributed by atoms with Crippen LogP contribution in [0.3, 0.4) is 0 Å². The molecule has 16 heteroatoms. The number of ether oxygens (including phenoxy) is 2. The van der Waals surface area contributed by atoms with Crippen LogP contribution in [-0.2, 0) is 9.47 Å². The van der Waals surface area contributed by atoms with Crippen LogP contribution in [0.4, 0.5) is 26.3 Å². The molecule has 10 nitrogen and oxygen atoms in total. The molecule has 0 amide bonds. The molecule has 9 heterocycles. The Morgan fingerprint density at radius 3 is 0.973 bits per heavy atom. The second-order valence-electron chi connectivity index (χ2n) is 44.5. The van der Waals surface area contributed by atoms with E-state index in [1.807, 2.05) is 60.3 Å². The number of hydrogen-bond donors (Lipinski definition) is 0. The van der Waals surface area contributed by atoms with Gasteiger partial charge >= 0.3 is 12.4 Å². The average Bonchev–Trinajstić information content (AvgIpc) is 1.60. The first-order chi connectivity index (χ1) is 51.9. The van der Waals surface area contributed by atoms with Crippen LogP contribution in [0.1, 0.15) is 350 Å². The van der Waals surface area contributed by atoms with Gasteiger partial charge in [-0.25, -0.2) is 0 Å². The Balaban J connectivity index is 0.000000178. The largest absolute Gasteiger partial charge is 0.404 e. The zero-order chi connectivity index (χ0) is 84.2. The Kier molecular flexibility index (Phi) is 35.9. The Morgan fingerprint density at radius 1 is 0.304 bits per heavy atom. The highest BCUT2D eigenvalue weighted by Gasteiger charge is 2.57. The van der Waals surface area contributed by atoms with Gasteiger partial charge in [0.2, 0.25) is 0 Å². The van der Waals surface area contributed by atoms with Crippen LogP contribution in [0.5, 0.6) is 0 Å². The van der Waals surface area contributed by atoms with Crippen molar-refractivity contribution < 1.29 is 35.8 Å². The third-order valence-electron chi connectivity index (χ3n) is 30.9. The molecule has 5 saturated carbocycles. The van der Waals surface area contributed by atoms with Gasteiger partial charge in [-0.3, -0.25) is 39.2 Å². The molecule has 112 heavy (non-hydrogen) atoms. The first-order valence-corrected chi connectivity index (χ1v) is 47.4. The third kappa shape index (κ3) is 25.0. The normalized spacial score (nSPS) is 32.9. The molecule has 0 aromatic rings. The molecule has 14 fully saturated rings. The summed E-state index contributed by atoms with van der Waals surface area (Å²) in [6.45, 7) is 80.2. The Labute approximate surface area is 688 Å². The van der Waals surface area contributed by atoms with Gasteiger partial charge in [0.05, 0.1) is 25.7 Å². The quantitative estimate of drug-likeness (QED) is 0.140. The number of nitrogens with zero attached hydrogens (tertiary/aromatic N) is 8. The molecule has 14 aliphatic rings. The van der Waals surface area contributed by atoms with E-state index in [4.69, 9.17) is 9.47 Å². The summed E-state index contributed by atoms with van der Waals surface area (Å²) >= 11 is 0. The van der Waals surface area contributed by atoms with E-state index in [0.29, 0.717) is 36.3 Å². The fourth-order valence-corrected chi connectivity index (χ4v) is 24.0. The predicted octanol–water partition coefficient (Wildman–Crippen LogP) is 23.8. The van der Waals surface area contributed by atoms with Gasteiger partial charge in [0.1, 0.15) is 6.04 Å². The number of alkyl halides is 6. The van der Waals surface area contributed by atoms with E-state index >= 15 is 0 Å². The lowest BCUT2D eigenvalue weighted by Crippen LogP contribution is -2.49. The summed E-state index contributed by atoms with van der Waals surface area (Å²) in [5.74, 6) is 7.21. The smallest absolute Gasteiger partial charge is 0.346 e. The van der Waals surface area contributed by atoms with Crippen molar-refractivity contribution in [2.75, 3.05) is 52.5 Å². The van der Waals surface area contributed by atoms with Crippen LogP contribution in [0.2, 0.25) is 0 Å². The summed E-state index contributed by atoms with van der Waals surface area (Å²) in [4.78, 5) is 19.9. The monoisotopic (exact) mass is 1590 g/mol. The maximum absolute atomic E-state index is 12.8. The van der Waals surface area contributed by atoms with E-state index in [2.05, 4.69) is 196 Å². The standard InChI is InChI=1S/C14H27N.C13H25N.C12H23NO2.2C12H23N.2C11H20F3N.C11H21N/c1-11(2)13-9-14(7-5-6-8-14)10-15(13)12(3)4;1-10(2)12-8-13(6-5-7-13)9-14(12)11(3)4;1-9(2)11-7-12(14-5-6-15-12)8-13(11)10(3)4;1-9(2)11-7-12(5-6-12)8-13(11)10(3)4;1-8(2)12-7-10-5-6-11(10)13(12)9(3)4;1-7(2)10-5-9(11(12,13)14)6-15(10)8(3)4;1-7(2)9-5-6-10(11(12,13)14)15(9)8(3)4;1-7(2)11-10-5-9(10)6-12(11)8(3)4/h11-13H,5-10H2,1-4H3;10-12H,5-9H2,1-4H3;9-11H,5-8H2,1-4H3;9-11H,5-8H2,1-4H3;8-12H,5-7H2,1-4H3;2*7-10H,5-6H2,1-4H3;7-11H,5-6H2,1-4H3/t13-;12-;2*11-;10?,11?,12-;9?,10-;9-,10?;9?,10?,11-/m00000001/s1. The van der Waals surface area contributed by atoms with Gasteiger partial charge in [-0.15, -0.1) is 0 Å². The number of hydrogen-bond acceptors (Lipinski definition) is 10. The van der Waals surface area contributed by atoms with Gasteiger partial charge in [0.15, 0.2) is 5.79 Å². The predicted molar refractivity (Wildman–Crippen MR) is 462 cm³/mol. The highest BCUT2D eigenvalue weighted by Crippen LogP contribution is 2.58. The lowest BCUT2D eigenvalue weighted by Gasteiger charge is -2.40. The van der Waals surface area contributed by atoms with Gasteiger partial charge in [-0.05, 0) is 295 Å². The summed E-state index contributed by atoms with van der Waals surface area (Å²) in [5, 5.41) is 0. The van der Waals surface area contributed by atoms with Crippen LogP contribution in [0.15, 0.2) is 0 Å². The molecule has 0 radical (unpaired) electrons. The van der Waals surface area contributed by atoms with Crippen molar-refractivity contribution in [1.82, 2.24) is 39.2 Å². The first-order valence-electron chi connectivity index (χ1n) is 47.4. The highest BCUT2D eigenvalue weighted by molar-refractivity contribution is 5.09. The fraction of sp³-hybridized carbons (Fsp3) is 1.00. The molecule has 9 saturated heterocycles. The minimum atomic E-state index is -4.08. The van der Waals surface area contributed by atoms with Crippen LogP contribution in [0.25, 0.3) is 0 Å². The van der Waals surface area contributed by atoms with Crippen LogP contribution < -0.4 is 0 Å². The lowest BCUT2D eigenvalue weighted by atomic mass is 9.67. The van der Waals surface area contributed by atoms with Crippen molar-refractivity contribution in [3.8, 4) is 0 Å². The minimum absolute atomic E-state index is 0.0356. The number of piperidine rings is 1. The second-order valence-corrected chi connectivity index (χ2v) is 44.5. The van der Waals surface area contributed by atoms with Gasteiger partial charge < -0.3 is 9.47 Å². The molecule has 6 unspecified atom stereocenters. The summed E-state index contributed by atoms with van der Waals surface area (Å²) in [5.41, 5.74) is 2.25. The van der Waals surface area contributed by atoms with Crippen LogP contribution in [0, 0.1) is 87.3 Å². The topological polar surface area (TPSA) is 44.4 Å². The van der Waals surface area contributed by atoms with Gasteiger partial charge in [0.25, 0.3) is 0 Å². The molecule has 4 spiro atoms. The number of halogens is 6. The lowest BCUT2D eigenvalue weighted by molar-refractivity contribution is -0.184. The van der Waals surface area contributed by atoms with Crippen molar-refractivity contribution in [2.45, 2.75) is 477 Å². The van der Waals surface area contributed by atoms with E-state index in [0.717, 1.165) is 156 Å². The first kappa shape index (κ1) is 98.3. The van der Waals surface area contributed by atoms with Crippen molar-refractivity contribution >= 4 is 0 Å². The summed E-state index contributed by atoms with van der Waals surface area (Å²) in [6, 6.07) is 9.28. The Hall–Kier alpha value is -0.820. The number of rotatable bonds is 16. The van der Waals surface area contributed by atoms with Crippen molar-refractivity contribution in [1.29, 1.82) is 0 Å². The third-order valence-corrected chi connectivity index (χ3v) is 30.9. The summed E-state index contributed by atoms with van der Waals surface area (Å²) < 4.78 is 87.7. The van der Waals surface area contributed by atoms with E-state index in [1.165, 1.54) is 129 Å². The van der Waals surface area contributed by atoms with Crippen molar-refractivity contribution in [3.63, 3.8) is 0 Å². The van der Waals surface area contributed by atoms with E-state index in [9.17, 15) is 26.3 Å². The van der Waals surface area contributed by atoms with Gasteiger partial charge in [-0.2, -0.15) is 26.3 Å². The van der Waals surface area contributed by atoms with Crippen molar-refractivity contribution in [3.05, 3.63) is 0 Å². The molecule has 0 N–H and O–H groups in total. The SMILES string of the molecule is CC(C)[C@@H]1C2CC2CN1C(C)C.CC(C)[C@@H]1CC(C(F)(F)F)CN1C(C)C.CC(C)[C@@H]1CC2(CC2)CN1C(C)C.CC(C)[C@@H]1CC2(CCC2)CN1C(C)C.CC(C)[C@@H]1CC2(CCCC2)CN1C(C)C.CC(C)[C@@H]1CC2(CN1C(C)C)OCCO2.CC(C)[C@@H]1CC2CCC2N1C(C)C.CC(C)[C@@H]1CCC(C(F)(F)F)N1C(C)C. The minimum Gasteiger partial charge on any atom is -0.346 e. The molecule has 0 aromatic carbocycles. The zero-order valence-electron chi connectivity index (χ0n) is 78.8. The van der Waals surface area contributed by atoms with Gasteiger partial charge in [0, 0.05) is 142 Å². The molecular formula is C96H182F6N8O2. The Morgan fingerprint density at radius 2 is 0.688 bits per heavy atom. The van der Waals surface area contributed by atoms with Crippen LogP contribution in [-0.4, -0.2) is 219 Å². The number of likely N-dealkylation sites (tertiary alicyclic amines) is 8. The van der Waals surface area contributed by atoms with Crippen molar-refractivity contribution in [2.24, 2.45) is 87.3 Å². The average molecular weight is 1590 g/mol. The summed E-state index contributed by atoms with van der Waals surface area (Å²) in [7, 11) is 0. The molecule has 5 aliphatic carbocycles. The van der Waals surface area contributed by atoms with Crippen LogP contribution >= 0.6 is 0 Å². The molecule has 660 valence electrons. The highest BCUT2D eigenvalue weighted by atomic mass is 19.4. The molecule has 0 aromatic heterocycles.